The van der Waals surface area contributed by atoms with Gasteiger partial charge in [0.05, 0.1) is 5.56 Å². The summed E-state index contributed by atoms with van der Waals surface area (Å²) in [5.41, 5.74) is 1.60. The van der Waals surface area contributed by atoms with Gasteiger partial charge in [-0.3, -0.25) is 9.59 Å². The molecular formula is C20H21F3N2O2. The monoisotopic (exact) mass is 378 g/mol. The number of carbonyl (C=O) groups is 2. The van der Waals surface area contributed by atoms with Gasteiger partial charge in [-0.15, -0.1) is 0 Å². The highest BCUT2D eigenvalue weighted by Crippen LogP contribution is 2.30. The van der Waals surface area contributed by atoms with E-state index in [1.54, 1.807) is 0 Å². The summed E-state index contributed by atoms with van der Waals surface area (Å²) in [6, 6.07) is 12.0. The summed E-state index contributed by atoms with van der Waals surface area (Å²) in [6.07, 6.45) is -4.39. The lowest BCUT2D eigenvalue weighted by Gasteiger charge is -2.21. The van der Waals surface area contributed by atoms with Gasteiger partial charge in [-0.05, 0) is 42.3 Å². The molecule has 0 aliphatic rings. The second kappa shape index (κ2) is 8.70. The Balaban J connectivity index is 1.95. The lowest BCUT2D eigenvalue weighted by Crippen LogP contribution is -2.33. The Labute approximate surface area is 156 Å². The van der Waals surface area contributed by atoms with E-state index < -0.39 is 11.7 Å². The summed E-state index contributed by atoms with van der Waals surface area (Å²) in [7, 11) is 0. The lowest BCUT2D eigenvalue weighted by molar-refractivity contribution is -0.137. The van der Waals surface area contributed by atoms with E-state index in [0.717, 1.165) is 23.3 Å². The molecule has 27 heavy (non-hydrogen) atoms. The van der Waals surface area contributed by atoms with Crippen molar-refractivity contribution in [1.29, 1.82) is 0 Å². The van der Waals surface area contributed by atoms with Gasteiger partial charge in [-0.1, -0.05) is 24.3 Å². The molecule has 0 saturated heterocycles. The van der Waals surface area contributed by atoms with E-state index in [1.807, 2.05) is 31.2 Å². The number of aryl methyl sites for hydroxylation is 1. The SMILES string of the molecule is CC(=O)N(CCC(=O)NCc1ccccc1C)c1ccc(C(F)(F)F)cc1. The summed E-state index contributed by atoms with van der Waals surface area (Å²) in [5, 5.41) is 2.79. The largest absolute Gasteiger partial charge is 0.416 e. The average molecular weight is 378 g/mol. The highest BCUT2D eigenvalue weighted by Gasteiger charge is 2.30. The summed E-state index contributed by atoms with van der Waals surface area (Å²) in [6.45, 7) is 3.72. The minimum absolute atomic E-state index is 0.0481. The van der Waals surface area contributed by atoms with E-state index in [-0.39, 0.29) is 24.8 Å². The van der Waals surface area contributed by atoms with E-state index in [1.165, 1.54) is 24.0 Å². The first kappa shape index (κ1) is 20.5. The van der Waals surface area contributed by atoms with Gasteiger partial charge in [0.2, 0.25) is 11.8 Å². The van der Waals surface area contributed by atoms with Crippen LogP contribution >= 0.6 is 0 Å². The maximum atomic E-state index is 12.7. The van der Waals surface area contributed by atoms with Crippen LogP contribution in [0.5, 0.6) is 0 Å². The molecule has 2 aromatic rings. The zero-order valence-electron chi connectivity index (χ0n) is 15.1. The number of amides is 2. The van der Waals surface area contributed by atoms with Crippen molar-refractivity contribution in [3.8, 4) is 0 Å². The molecule has 0 spiro atoms. The molecule has 0 aromatic heterocycles. The quantitative estimate of drug-likeness (QED) is 0.824. The van der Waals surface area contributed by atoms with E-state index in [9.17, 15) is 22.8 Å². The van der Waals surface area contributed by atoms with Crippen LogP contribution in [0.25, 0.3) is 0 Å². The van der Waals surface area contributed by atoms with Crippen molar-refractivity contribution in [2.75, 3.05) is 11.4 Å². The molecular weight excluding hydrogens is 357 g/mol. The van der Waals surface area contributed by atoms with E-state index >= 15 is 0 Å². The minimum Gasteiger partial charge on any atom is -0.352 e. The second-order valence-electron chi connectivity index (χ2n) is 6.17. The number of alkyl halides is 3. The van der Waals surface area contributed by atoms with Gasteiger partial charge in [-0.2, -0.15) is 13.2 Å². The van der Waals surface area contributed by atoms with Crippen LogP contribution in [0.3, 0.4) is 0 Å². The van der Waals surface area contributed by atoms with Gasteiger partial charge >= 0.3 is 6.18 Å². The number of nitrogens with one attached hydrogen (secondary N) is 1. The van der Waals surface area contributed by atoms with Gasteiger partial charge in [-0.25, -0.2) is 0 Å². The summed E-state index contributed by atoms with van der Waals surface area (Å²) in [4.78, 5) is 25.2. The van der Waals surface area contributed by atoms with Crippen LogP contribution in [0.1, 0.15) is 30.0 Å². The van der Waals surface area contributed by atoms with Crippen LogP contribution in [0, 0.1) is 6.92 Å². The average Bonchev–Trinajstić information content (AvgIpc) is 2.60. The second-order valence-corrected chi connectivity index (χ2v) is 6.17. The molecule has 7 heteroatoms. The van der Waals surface area contributed by atoms with Crippen LogP contribution < -0.4 is 10.2 Å². The predicted molar refractivity (Wildman–Crippen MR) is 97.1 cm³/mol. The van der Waals surface area contributed by atoms with Gasteiger partial charge in [0, 0.05) is 32.1 Å². The molecule has 4 nitrogen and oxygen atoms in total. The molecule has 0 saturated carbocycles. The Hall–Kier alpha value is -2.83. The summed E-state index contributed by atoms with van der Waals surface area (Å²) in [5.74, 6) is -0.585. The van der Waals surface area contributed by atoms with Crippen molar-refractivity contribution in [2.45, 2.75) is 33.0 Å². The number of rotatable bonds is 6. The van der Waals surface area contributed by atoms with E-state index in [2.05, 4.69) is 5.32 Å². The van der Waals surface area contributed by atoms with Gasteiger partial charge in [0.1, 0.15) is 0 Å². The predicted octanol–water partition coefficient (Wildman–Crippen LogP) is 4.07. The summed E-state index contributed by atoms with van der Waals surface area (Å²) < 4.78 is 38.0. The molecule has 0 fully saturated rings. The van der Waals surface area contributed by atoms with Gasteiger partial charge in [0.25, 0.3) is 0 Å². The molecule has 2 rings (SSSR count). The Kier molecular flexibility index (Phi) is 6.60. The standard InChI is InChI=1S/C20H21F3N2O2/c1-14-5-3-4-6-16(14)13-24-19(27)11-12-25(15(2)26)18-9-7-17(8-10-18)20(21,22)23/h3-10H,11-13H2,1-2H3,(H,24,27). The highest BCUT2D eigenvalue weighted by atomic mass is 19.4. The minimum atomic E-state index is -4.44. The Morgan fingerprint density at radius 3 is 2.22 bits per heavy atom. The van der Waals surface area contributed by atoms with Gasteiger partial charge < -0.3 is 10.2 Å². The molecule has 0 atom stereocenters. The zero-order valence-corrected chi connectivity index (χ0v) is 15.1. The number of halogens is 3. The maximum Gasteiger partial charge on any atom is 0.416 e. The first-order valence-corrected chi connectivity index (χ1v) is 8.45. The molecule has 0 aliphatic carbocycles. The molecule has 2 amide bonds. The Morgan fingerprint density at radius 2 is 1.67 bits per heavy atom. The van der Waals surface area contributed by atoms with Crippen LogP contribution in [-0.2, 0) is 22.3 Å². The third kappa shape index (κ3) is 5.84. The number of hydrogen-bond acceptors (Lipinski definition) is 2. The zero-order chi connectivity index (χ0) is 20.0. The molecule has 2 aromatic carbocycles. The highest BCUT2D eigenvalue weighted by molar-refractivity contribution is 5.92. The van der Waals surface area contributed by atoms with Crippen molar-refractivity contribution >= 4 is 17.5 Å². The molecule has 0 unspecified atom stereocenters. The smallest absolute Gasteiger partial charge is 0.352 e. The first-order chi connectivity index (χ1) is 12.7. The van der Waals surface area contributed by atoms with Crippen molar-refractivity contribution in [1.82, 2.24) is 5.32 Å². The van der Waals surface area contributed by atoms with Crippen LogP contribution in [0.15, 0.2) is 48.5 Å². The number of anilines is 1. The lowest BCUT2D eigenvalue weighted by atomic mass is 10.1. The fourth-order valence-corrected chi connectivity index (χ4v) is 2.60. The van der Waals surface area contributed by atoms with E-state index in [4.69, 9.17) is 0 Å². The number of nitrogens with zero attached hydrogens (tertiary/aromatic N) is 1. The summed E-state index contributed by atoms with van der Waals surface area (Å²) >= 11 is 0. The molecule has 0 aliphatic heterocycles. The topological polar surface area (TPSA) is 49.4 Å². The normalized spacial score (nSPS) is 11.1. The van der Waals surface area contributed by atoms with E-state index in [0.29, 0.717) is 12.2 Å². The number of benzene rings is 2. The molecule has 0 bridgehead atoms. The van der Waals surface area contributed by atoms with Crippen LogP contribution in [-0.4, -0.2) is 18.4 Å². The van der Waals surface area contributed by atoms with Crippen LogP contribution in [0.2, 0.25) is 0 Å². The fraction of sp³-hybridized carbons (Fsp3) is 0.300. The third-order valence-corrected chi connectivity index (χ3v) is 4.19. The fourth-order valence-electron chi connectivity index (χ4n) is 2.60. The molecule has 0 radical (unpaired) electrons. The molecule has 144 valence electrons. The third-order valence-electron chi connectivity index (χ3n) is 4.19. The number of carbonyl (C=O) groups excluding carboxylic acids is 2. The first-order valence-electron chi connectivity index (χ1n) is 8.45. The Bertz CT molecular complexity index is 802. The maximum absolute atomic E-state index is 12.7. The molecule has 1 N–H and O–H groups in total. The Morgan fingerprint density at radius 1 is 1.04 bits per heavy atom. The molecule has 0 heterocycles. The van der Waals surface area contributed by atoms with Crippen molar-refractivity contribution in [2.24, 2.45) is 0 Å². The van der Waals surface area contributed by atoms with Gasteiger partial charge in [0.15, 0.2) is 0 Å². The van der Waals surface area contributed by atoms with Crippen molar-refractivity contribution in [3.63, 3.8) is 0 Å². The number of hydrogen-bond donors (Lipinski definition) is 1. The van der Waals surface area contributed by atoms with Crippen molar-refractivity contribution in [3.05, 3.63) is 65.2 Å². The van der Waals surface area contributed by atoms with Crippen LogP contribution in [0.4, 0.5) is 18.9 Å². The van der Waals surface area contributed by atoms with Crippen molar-refractivity contribution < 1.29 is 22.8 Å².